The predicted octanol–water partition coefficient (Wildman–Crippen LogP) is -1.25. The summed E-state index contributed by atoms with van der Waals surface area (Å²) in [5.41, 5.74) is -1.46. The van der Waals surface area contributed by atoms with E-state index in [9.17, 15) is 24.3 Å². The number of hydrogen-bond donors (Lipinski definition) is 1. The van der Waals surface area contributed by atoms with Crippen molar-refractivity contribution in [3.8, 4) is 0 Å². The number of nitrogens with zero attached hydrogens (tertiary/aromatic N) is 2. The second-order valence-electron chi connectivity index (χ2n) is 6.16. The van der Waals surface area contributed by atoms with Crippen molar-refractivity contribution in [2.24, 2.45) is 0 Å². The van der Waals surface area contributed by atoms with E-state index in [1.807, 2.05) is 22.6 Å². The zero-order valence-corrected chi connectivity index (χ0v) is 16.3. The molecular weight excluding hydrogens is 467 g/mol. The van der Waals surface area contributed by atoms with Crippen LogP contribution < -0.4 is 0 Å². The summed E-state index contributed by atoms with van der Waals surface area (Å²) in [5.74, 6) is -2.20. The second kappa shape index (κ2) is 7.00. The van der Waals surface area contributed by atoms with Gasteiger partial charge in [-0.05, 0) is 6.92 Å². The van der Waals surface area contributed by atoms with E-state index in [4.69, 9.17) is 9.47 Å². The highest BCUT2D eigenvalue weighted by molar-refractivity contribution is 14.1. The van der Waals surface area contributed by atoms with Gasteiger partial charge in [-0.2, -0.15) is 0 Å². The molecule has 3 amide bonds. The van der Waals surface area contributed by atoms with Crippen LogP contribution in [0.4, 0.5) is 0 Å². The first kappa shape index (κ1) is 18.9. The van der Waals surface area contributed by atoms with Gasteiger partial charge in [-0.25, -0.2) is 4.79 Å². The highest BCUT2D eigenvalue weighted by Crippen LogP contribution is 2.44. The van der Waals surface area contributed by atoms with E-state index in [0.29, 0.717) is 4.43 Å². The summed E-state index contributed by atoms with van der Waals surface area (Å²) in [4.78, 5) is 51.2. The lowest BCUT2D eigenvalue weighted by atomic mass is 9.90. The van der Waals surface area contributed by atoms with Crippen molar-refractivity contribution >= 4 is 58.0 Å². The molecule has 0 aromatic rings. The number of carbonyl (C=O) groups is 4. The van der Waals surface area contributed by atoms with Gasteiger partial charge >= 0.3 is 5.97 Å². The van der Waals surface area contributed by atoms with Crippen LogP contribution in [-0.2, 0) is 28.7 Å². The molecule has 138 valence electrons. The first-order valence-electron chi connectivity index (χ1n) is 7.61. The Balaban J connectivity index is 1.83. The number of aliphatic hydroxyl groups is 1. The Labute approximate surface area is 161 Å². The van der Waals surface area contributed by atoms with Crippen molar-refractivity contribution < 1.29 is 33.8 Å². The van der Waals surface area contributed by atoms with Crippen LogP contribution in [0.2, 0.25) is 0 Å². The average Bonchev–Trinajstić information content (AvgIpc) is 2.55. The van der Waals surface area contributed by atoms with Crippen molar-refractivity contribution in [2.45, 2.75) is 30.0 Å². The standard InChI is InChI=1S/C14H17IN2O7S/c1-14(22)6-25-12-9(16-7(18)4-23-5-8(16)19)11(20)17(12)10(14)13(21)24-3-2-15/h9-10,12,22H,2-6H2,1H3/t9?,10?,12-,14-/m1/s1. The van der Waals surface area contributed by atoms with Gasteiger partial charge < -0.3 is 19.5 Å². The minimum absolute atomic E-state index is 0.175. The van der Waals surface area contributed by atoms with E-state index < -0.39 is 46.7 Å². The Hall–Kier alpha value is -0.920. The Kier molecular flexibility index (Phi) is 5.28. The summed E-state index contributed by atoms with van der Waals surface area (Å²) in [6.45, 7) is 1.13. The zero-order chi connectivity index (χ0) is 18.4. The Morgan fingerprint density at radius 1 is 1.40 bits per heavy atom. The summed E-state index contributed by atoms with van der Waals surface area (Å²) in [7, 11) is 0. The SMILES string of the molecule is C[C@@]1(O)CS[C@@H]2C(N3C(=O)COCC3=O)C(=O)N2C1C(=O)OCCI. The molecule has 3 heterocycles. The smallest absolute Gasteiger partial charge is 0.331 e. The van der Waals surface area contributed by atoms with Crippen LogP contribution in [0.15, 0.2) is 0 Å². The summed E-state index contributed by atoms with van der Waals surface area (Å²) in [6.07, 6.45) is 0. The lowest BCUT2D eigenvalue weighted by Crippen LogP contribution is -2.80. The largest absolute Gasteiger partial charge is 0.463 e. The third-order valence-corrected chi connectivity index (χ3v) is 6.29. The number of amides is 3. The summed E-state index contributed by atoms with van der Waals surface area (Å²) >= 11 is 3.28. The molecule has 3 fully saturated rings. The summed E-state index contributed by atoms with van der Waals surface area (Å²) < 4.78 is 10.6. The van der Waals surface area contributed by atoms with E-state index in [1.54, 1.807) is 0 Å². The molecule has 9 nitrogen and oxygen atoms in total. The highest BCUT2D eigenvalue weighted by atomic mass is 127. The molecule has 3 aliphatic heterocycles. The van der Waals surface area contributed by atoms with Crippen LogP contribution in [0.1, 0.15) is 6.92 Å². The molecule has 2 unspecified atom stereocenters. The maximum absolute atomic E-state index is 12.7. The lowest BCUT2D eigenvalue weighted by Gasteiger charge is -2.58. The van der Waals surface area contributed by atoms with Crippen molar-refractivity contribution in [2.75, 3.05) is 30.0 Å². The molecule has 0 spiro atoms. The van der Waals surface area contributed by atoms with Crippen LogP contribution >= 0.6 is 34.4 Å². The number of carbonyl (C=O) groups excluding carboxylic acids is 4. The molecule has 25 heavy (non-hydrogen) atoms. The number of imide groups is 1. The maximum atomic E-state index is 12.7. The molecule has 11 heteroatoms. The molecule has 0 aromatic heterocycles. The molecular formula is C14H17IN2O7S. The fourth-order valence-corrected chi connectivity index (χ4v) is 4.88. The van der Waals surface area contributed by atoms with Gasteiger partial charge in [-0.3, -0.25) is 19.3 Å². The number of ether oxygens (including phenoxy) is 2. The monoisotopic (exact) mass is 484 g/mol. The Morgan fingerprint density at radius 2 is 2.04 bits per heavy atom. The van der Waals surface area contributed by atoms with E-state index in [2.05, 4.69) is 0 Å². The summed E-state index contributed by atoms with van der Waals surface area (Å²) in [5, 5.41) is 9.99. The lowest BCUT2D eigenvalue weighted by molar-refractivity contribution is -0.188. The molecule has 3 saturated heterocycles. The molecule has 1 N–H and O–H groups in total. The molecule has 0 aromatic carbocycles. The molecule has 4 atom stereocenters. The molecule has 0 radical (unpaired) electrons. The van der Waals surface area contributed by atoms with Gasteiger partial charge in [-0.15, -0.1) is 11.8 Å². The normalized spacial score (nSPS) is 35.3. The first-order chi connectivity index (χ1) is 11.8. The van der Waals surface area contributed by atoms with Crippen LogP contribution in [0.25, 0.3) is 0 Å². The average molecular weight is 484 g/mol. The van der Waals surface area contributed by atoms with E-state index in [-0.39, 0.29) is 25.6 Å². The van der Waals surface area contributed by atoms with Crippen molar-refractivity contribution in [3.05, 3.63) is 0 Å². The minimum atomic E-state index is -1.46. The van der Waals surface area contributed by atoms with Crippen molar-refractivity contribution in [1.82, 2.24) is 9.80 Å². The Morgan fingerprint density at radius 3 is 2.64 bits per heavy atom. The molecule has 0 aliphatic carbocycles. The quantitative estimate of drug-likeness (QED) is 0.173. The van der Waals surface area contributed by atoms with Gasteiger partial charge in [0.15, 0.2) is 6.04 Å². The van der Waals surface area contributed by atoms with Gasteiger partial charge in [0.1, 0.15) is 36.8 Å². The van der Waals surface area contributed by atoms with E-state index in [1.165, 1.54) is 23.6 Å². The fraction of sp³-hybridized carbons (Fsp3) is 0.714. The zero-order valence-electron chi connectivity index (χ0n) is 13.3. The predicted molar refractivity (Wildman–Crippen MR) is 93.8 cm³/mol. The van der Waals surface area contributed by atoms with E-state index in [0.717, 1.165) is 4.90 Å². The summed E-state index contributed by atoms with van der Waals surface area (Å²) in [6, 6.07) is -2.12. The highest BCUT2D eigenvalue weighted by Gasteiger charge is 2.64. The number of fused-ring (bicyclic) bond motifs is 1. The van der Waals surface area contributed by atoms with Crippen LogP contribution in [-0.4, -0.2) is 91.7 Å². The number of hydrogen-bond acceptors (Lipinski definition) is 8. The number of alkyl halides is 1. The number of esters is 1. The van der Waals surface area contributed by atoms with Crippen molar-refractivity contribution in [3.63, 3.8) is 0 Å². The van der Waals surface area contributed by atoms with Gasteiger partial charge in [0, 0.05) is 10.2 Å². The van der Waals surface area contributed by atoms with Gasteiger partial charge in [0.25, 0.3) is 17.7 Å². The van der Waals surface area contributed by atoms with Gasteiger partial charge in [0.05, 0.1) is 0 Å². The van der Waals surface area contributed by atoms with Gasteiger partial charge in [0.2, 0.25) is 0 Å². The van der Waals surface area contributed by atoms with Gasteiger partial charge in [-0.1, -0.05) is 22.6 Å². The van der Waals surface area contributed by atoms with Crippen LogP contribution in [0.5, 0.6) is 0 Å². The van der Waals surface area contributed by atoms with E-state index >= 15 is 0 Å². The number of halogens is 1. The fourth-order valence-electron chi connectivity index (χ4n) is 3.19. The third kappa shape index (κ3) is 3.15. The molecule has 0 saturated carbocycles. The third-order valence-electron chi connectivity index (χ3n) is 4.28. The molecule has 3 rings (SSSR count). The topological polar surface area (TPSA) is 113 Å². The van der Waals surface area contributed by atoms with Crippen LogP contribution in [0, 0.1) is 0 Å². The minimum Gasteiger partial charge on any atom is -0.463 e. The number of β-lactam (4-membered cyclic amide) rings is 1. The maximum Gasteiger partial charge on any atom is 0.331 e. The number of thioether (sulfide) groups is 1. The van der Waals surface area contributed by atoms with Crippen molar-refractivity contribution in [1.29, 1.82) is 0 Å². The molecule has 3 aliphatic rings. The number of rotatable bonds is 4. The first-order valence-corrected chi connectivity index (χ1v) is 10.2. The second-order valence-corrected chi connectivity index (χ2v) is 8.34. The van der Waals surface area contributed by atoms with Crippen LogP contribution in [0.3, 0.4) is 0 Å². The molecule has 0 bridgehead atoms. The number of morpholine rings is 1. The Bertz CT molecular complexity index is 612.